The molecule has 0 bridgehead atoms. The highest BCUT2D eigenvalue weighted by atomic mass is 15.1. The van der Waals surface area contributed by atoms with Gasteiger partial charge >= 0.3 is 0 Å². The predicted octanol–water partition coefficient (Wildman–Crippen LogP) is 2.58. The number of hydrogen-bond acceptors (Lipinski definition) is 2. The lowest BCUT2D eigenvalue weighted by Crippen LogP contribution is -2.02. The third kappa shape index (κ3) is 1.52. The molecule has 0 radical (unpaired) electrons. The molecular formula is C13H11N3. The maximum absolute atomic E-state index is 4.01. The van der Waals surface area contributed by atoms with Crippen molar-refractivity contribution in [1.29, 1.82) is 0 Å². The molecule has 0 spiro atoms. The normalized spacial score (nSPS) is 14.6. The van der Waals surface area contributed by atoms with Crippen LogP contribution in [0.15, 0.2) is 54.9 Å². The molecule has 78 valence electrons. The van der Waals surface area contributed by atoms with Crippen molar-refractivity contribution in [3.8, 4) is 0 Å². The number of aromatic nitrogens is 2. The molecule has 16 heavy (non-hydrogen) atoms. The van der Waals surface area contributed by atoms with Gasteiger partial charge in [0.25, 0.3) is 0 Å². The third-order valence-corrected chi connectivity index (χ3v) is 2.57. The van der Waals surface area contributed by atoms with E-state index in [1.54, 1.807) is 0 Å². The molecule has 0 atom stereocenters. The molecule has 3 rings (SSSR count). The maximum atomic E-state index is 4.01. The van der Waals surface area contributed by atoms with Gasteiger partial charge in [-0.2, -0.15) is 5.10 Å². The zero-order valence-corrected chi connectivity index (χ0v) is 8.64. The molecular weight excluding hydrogens is 198 g/mol. The standard InChI is InChI=1S/C13H11N3/c1-2-4-12(14-7-3-1)10-5-6-13-11(8-10)9-15-16-13/h1-9,14H,(H,15,16). The number of hydrogen-bond donors (Lipinski definition) is 2. The molecule has 1 aromatic carbocycles. The average molecular weight is 209 g/mol. The molecule has 0 aliphatic carbocycles. The van der Waals surface area contributed by atoms with Gasteiger partial charge in [-0.05, 0) is 29.8 Å². The smallest absolute Gasteiger partial charge is 0.0650 e. The van der Waals surface area contributed by atoms with Crippen LogP contribution in [0.25, 0.3) is 16.6 Å². The van der Waals surface area contributed by atoms with Crippen LogP contribution >= 0.6 is 0 Å². The molecule has 2 N–H and O–H groups in total. The van der Waals surface area contributed by atoms with Crippen molar-refractivity contribution < 1.29 is 0 Å². The van der Waals surface area contributed by atoms with E-state index in [4.69, 9.17) is 0 Å². The van der Waals surface area contributed by atoms with Crippen LogP contribution in [0.3, 0.4) is 0 Å². The van der Waals surface area contributed by atoms with E-state index in [0.717, 1.165) is 22.2 Å². The van der Waals surface area contributed by atoms with Gasteiger partial charge in [0.1, 0.15) is 0 Å². The number of rotatable bonds is 1. The molecule has 2 aromatic rings. The zero-order chi connectivity index (χ0) is 10.8. The van der Waals surface area contributed by atoms with Crippen molar-refractivity contribution >= 4 is 16.6 Å². The van der Waals surface area contributed by atoms with Crippen LogP contribution in [0.2, 0.25) is 0 Å². The number of nitrogens with zero attached hydrogens (tertiary/aromatic N) is 1. The lowest BCUT2D eigenvalue weighted by Gasteiger charge is -2.06. The third-order valence-electron chi connectivity index (χ3n) is 2.57. The fraction of sp³-hybridized carbons (Fsp3) is 0. The van der Waals surface area contributed by atoms with Crippen molar-refractivity contribution in [2.45, 2.75) is 0 Å². The second-order valence-corrected chi connectivity index (χ2v) is 3.64. The number of nitrogens with one attached hydrogen (secondary N) is 2. The topological polar surface area (TPSA) is 40.7 Å². The highest BCUT2D eigenvalue weighted by Crippen LogP contribution is 2.18. The van der Waals surface area contributed by atoms with Crippen LogP contribution < -0.4 is 5.32 Å². The Hall–Kier alpha value is -2.29. The Kier molecular flexibility index (Phi) is 2.07. The molecule has 0 fully saturated rings. The summed E-state index contributed by atoms with van der Waals surface area (Å²) in [7, 11) is 0. The molecule has 1 aliphatic heterocycles. The first-order chi connectivity index (χ1) is 7.93. The van der Waals surface area contributed by atoms with Crippen LogP contribution in [0.1, 0.15) is 5.56 Å². The fourth-order valence-corrected chi connectivity index (χ4v) is 1.75. The molecule has 0 saturated carbocycles. The number of benzene rings is 1. The first-order valence-electron chi connectivity index (χ1n) is 5.17. The van der Waals surface area contributed by atoms with Crippen LogP contribution in [-0.4, -0.2) is 10.2 Å². The van der Waals surface area contributed by atoms with Crippen molar-refractivity contribution in [3.05, 3.63) is 60.5 Å². The first-order valence-corrected chi connectivity index (χ1v) is 5.17. The number of allylic oxidation sites excluding steroid dienone is 4. The van der Waals surface area contributed by atoms with E-state index >= 15 is 0 Å². The van der Waals surface area contributed by atoms with Gasteiger partial charge in [0.15, 0.2) is 0 Å². The van der Waals surface area contributed by atoms with Gasteiger partial charge in [0.05, 0.1) is 11.7 Å². The minimum Gasteiger partial charge on any atom is -0.361 e. The Morgan fingerprint density at radius 2 is 2.06 bits per heavy atom. The van der Waals surface area contributed by atoms with E-state index in [0.29, 0.717) is 0 Å². The van der Waals surface area contributed by atoms with E-state index in [2.05, 4.69) is 33.7 Å². The SMILES string of the molecule is C1=CC=C(c2ccc3[nH]ncc3c2)NC=C1. The monoisotopic (exact) mass is 209 g/mol. The van der Waals surface area contributed by atoms with Crippen LogP contribution in [-0.2, 0) is 0 Å². The zero-order valence-electron chi connectivity index (χ0n) is 8.64. The molecule has 1 aromatic heterocycles. The van der Waals surface area contributed by atoms with Crippen molar-refractivity contribution in [3.63, 3.8) is 0 Å². The summed E-state index contributed by atoms with van der Waals surface area (Å²) in [4.78, 5) is 0. The van der Waals surface area contributed by atoms with Gasteiger partial charge in [0, 0.05) is 17.3 Å². The summed E-state index contributed by atoms with van der Waals surface area (Å²) in [6.45, 7) is 0. The first kappa shape index (κ1) is 8.97. The van der Waals surface area contributed by atoms with E-state index in [9.17, 15) is 0 Å². The lowest BCUT2D eigenvalue weighted by atomic mass is 10.1. The van der Waals surface area contributed by atoms with Crippen molar-refractivity contribution in [1.82, 2.24) is 15.5 Å². The maximum Gasteiger partial charge on any atom is 0.0650 e. The number of H-pyrrole nitrogens is 1. The summed E-state index contributed by atoms with van der Waals surface area (Å²) in [5, 5.41) is 11.3. The van der Waals surface area contributed by atoms with Crippen LogP contribution in [0.5, 0.6) is 0 Å². The highest BCUT2D eigenvalue weighted by Gasteiger charge is 2.02. The second-order valence-electron chi connectivity index (χ2n) is 3.64. The Balaban J connectivity index is 2.08. The van der Waals surface area contributed by atoms with E-state index in [-0.39, 0.29) is 0 Å². The Labute approximate surface area is 93.2 Å². The second kappa shape index (κ2) is 3.70. The van der Waals surface area contributed by atoms with E-state index in [1.165, 1.54) is 0 Å². The summed E-state index contributed by atoms with van der Waals surface area (Å²) in [6.07, 6.45) is 11.8. The predicted molar refractivity (Wildman–Crippen MR) is 65.5 cm³/mol. The highest BCUT2D eigenvalue weighted by molar-refractivity contribution is 5.83. The minimum atomic E-state index is 1.06. The lowest BCUT2D eigenvalue weighted by molar-refractivity contribution is 1.12. The Bertz CT molecular complexity index is 602. The number of aromatic amines is 1. The number of fused-ring (bicyclic) bond motifs is 1. The summed E-state index contributed by atoms with van der Waals surface area (Å²) >= 11 is 0. The molecule has 1 aliphatic rings. The van der Waals surface area contributed by atoms with Gasteiger partial charge in [0.2, 0.25) is 0 Å². The summed E-state index contributed by atoms with van der Waals surface area (Å²) in [5.41, 5.74) is 3.31. The molecule has 2 heterocycles. The summed E-state index contributed by atoms with van der Waals surface area (Å²) in [6, 6.07) is 6.23. The summed E-state index contributed by atoms with van der Waals surface area (Å²) < 4.78 is 0. The molecule has 3 nitrogen and oxygen atoms in total. The van der Waals surface area contributed by atoms with Crippen molar-refractivity contribution in [2.75, 3.05) is 0 Å². The van der Waals surface area contributed by atoms with E-state index < -0.39 is 0 Å². The molecule has 0 amide bonds. The minimum absolute atomic E-state index is 1.06. The van der Waals surface area contributed by atoms with E-state index in [1.807, 2.05) is 36.7 Å². The Morgan fingerprint density at radius 1 is 1.06 bits per heavy atom. The quantitative estimate of drug-likeness (QED) is 0.757. The van der Waals surface area contributed by atoms with Gasteiger partial charge in [-0.1, -0.05) is 18.2 Å². The molecule has 0 unspecified atom stereocenters. The molecule has 0 saturated heterocycles. The van der Waals surface area contributed by atoms with Gasteiger partial charge in [-0.15, -0.1) is 0 Å². The fourth-order valence-electron chi connectivity index (χ4n) is 1.75. The van der Waals surface area contributed by atoms with Crippen LogP contribution in [0.4, 0.5) is 0 Å². The average Bonchev–Trinajstić information content (AvgIpc) is 2.61. The van der Waals surface area contributed by atoms with Gasteiger partial charge in [-0.3, -0.25) is 5.10 Å². The largest absolute Gasteiger partial charge is 0.361 e. The van der Waals surface area contributed by atoms with Gasteiger partial charge in [-0.25, -0.2) is 0 Å². The molecule has 3 heteroatoms. The van der Waals surface area contributed by atoms with Gasteiger partial charge < -0.3 is 5.32 Å². The Morgan fingerprint density at radius 3 is 3.06 bits per heavy atom. The van der Waals surface area contributed by atoms with Crippen molar-refractivity contribution in [2.24, 2.45) is 0 Å². The summed E-state index contributed by atoms with van der Waals surface area (Å²) in [5.74, 6) is 0. The van der Waals surface area contributed by atoms with Crippen LogP contribution in [0, 0.1) is 0 Å².